The third kappa shape index (κ3) is 4.54. The van der Waals surface area contributed by atoms with Crippen LogP contribution in [-0.2, 0) is 4.79 Å². The monoisotopic (exact) mass is 398 g/mol. The summed E-state index contributed by atoms with van der Waals surface area (Å²) in [6.45, 7) is 7.99. The standard InChI is InChI=1S/C21H23N3O3S/c1-13(2)16-7-9-17(10-8-16)22-19(25)15(4)28-20-21(26)27-23-24(20)18-11-5-14(3)6-12-18/h5-13,15H,1-4H3,(H-,22,23,25,26)/p+1. The Bertz CT molecular complexity index is 1000. The Labute approximate surface area is 167 Å². The summed E-state index contributed by atoms with van der Waals surface area (Å²) in [5.74, 6) is 0.252. The third-order valence-electron chi connectivity index (χ3n) is 4.40. The molecule has 0 aliphatic carbocycles. The largest absolute Gasteiger partial charge is 0.442 e. The molecule has 1 aromatic heterocycles. The molecule has 6 nitrogen and oxygen atoms in total. The van der Waals surface area contributed by atoms with Gasteiger partial charge in [-0.25, -0.2) is 4.79 Å². The van der Waals surface area contributed by atoms with Gasteiger partial charge in [-0.2, -0.15) is 0 Å². The van der Waals surface area contributed by atoms with E-state index in [9.17, 15) is 9.59 Å². The van der Waals surface area contributed by atoms with E-state index >= 15 is 0 Å². The molecule has 0 aliphatic heterocycles. The number of hydrogen-bond donors (Lipinski definition) is 2. The number of thioether (sulfide) groups is 1. The zero-order chi connectivity index (χ0) is 20.3. The van der Waals surface area contributed by atoms with Crippen molar-refractivity contribution in [1.82, 2.24) is 5.27 Å². The minimum absolute atomic E-state index is 0.182. The number of anilines is 1. The number of rotatable bonds is 6. The second kappa shape index (κ2) is 8.48. The minimum Gasteiger partial charge on any atom is -0.325 e. The van der Waals surface area contributed by atoms with Crippen molar-refractivity contribution in [2.45, 2.75) is 43.9 Å². The molecule has 146 valence electrons. The first-order valence-electron chi connectivity index (χ1n) is 9.13. The van der Waals surface area contributed by atoms with Crippen molar-refractivity contribution in [2.75, 3.05) is 5.32 Å². The van der Waals surface area contributed by atoms with Crippen LogP contribution in [0.3, 0.4) is 0 Å². The average molecular weight is 399 g/mol. The van der Waals surface area contributed by atoms with Gasteiger partial charge in [0.1, 0.15) is 0 Å². The van der Waals surface area contributed by atoms with Crippen LogP contribution < -0.4 is 15.6 Å². The lowest BCUT2D eigenvalue weighted by molar-refractivity contribution is -0.704. The van der Waals surface area contributed by atoms with Crippen molar-refractivity contribution < 1.29 is 14.0 Å². The van der Waals surface area contributed by atoms with Gasteiger partial charge in [0.2, 0.25) is 11.6 Å². The maximum absolute atomic E-state index is 12.6. The van der Waals surface area contributed by atoms with Gasteiger partial charge in [-0.15, -0.1) is 0 Å². The number of carbonyl (C=O) groups excluding carboxylic acids is 1. The Morgan fingerprint density at radius 3 is 2.32 bits per heavy atom. The van der Waals surface area contributed by atoms with Crippen LogP contribution in [-0.4, -0.2) is 16.4 Å². The van der Waals surface area contributed by atoms with Gasteiger partial charge in [-0.05, 0) is 59.2 Å². The number of H-pyrrole nitrogens is 1. The Morgan fingerprint density at radius 1 is 1.07 bits per heavy atom. The molecule has 0 saturated carbocycles. The molecule has 0 radical (unpaired) electrons. The quantitative estimate of drug-likeness (QED) is 0.489. The Morgan fingerprint density at radius 2 is 1.71 bits per heavy atom. The molecule has 0 bridgehead atoms. The molecule has 3 rings (SSSR count). The molecule has 1 heterocycles. The Hall–Kier alpha value is -2.80. The number of carbonyl (C=O) groups is 1. The van der Waals surface area contributed by atoms with Gasteiger partial charge in [0, 0.05) is 17.8 Å². The fourth-order valence-electron chi connectivity index (χ4n) is 2.64. The summed E-state index contributed by atoms with van der Waals surface area (Å²) in [5.41, 5.74) is 3.31. The first kappa shape index (κ1) is 19.9. The van der Waals surface area contributed by atoms with Gasteiger partial charge in [-0.1, -0.05) is 43.7 Å². The predicted octanol–water partition coefficient (Wildman–Crippen LogP) is 3.80. The van der Waals surface area contributed by atoms with Crippen molar-refractivity contribution in [3.63, 3.8) is 0 Å². The van der Waals surface area contributed by atoms with Crippen LogP contribution >= 0.6 is 11.8 Å². The summed E-state index contributed by atoms with van der Waals surface area (Å²) >= 11 is 1.15. The number of aromatic nitrogens is 2. The fraction of sp³-hybridized carbons (Fsp3) is 0.286. The summed E-state index contributed by atoms with van der Waals surface area (Å²) in [4.78, 5) is 24.7. The zero-order valence-electron chi connectivity index (χ0n) is 16.4. The maximum atomic E-state index is 12.6. The molecule has 7 heteroatoms. The van der Waals surface area contributed by atoms with Crippen molar-refractivity contribution in [1.29, 1.82) is 0 Å². The molecule has 0 aliphatic rings. The fourth-order valence-corrected chi connectivity index (χ4v) is 3.53. The molecular formula is C21H24N3O3S+. The maximum Gasteiger partial charge on any atom is 0.442 e. The summed E-state index contributed by atoms with van der Waals surface area (Å²) in [5, 5.41) is 5.33. The highest BCUT2D eigenvalue weighted by atomic mass is 32.2. The van der Waals surface area contributed by atoms with Crippen molar-refractivity contribution in [3.8, 4) is 5.69 Å². The molecule has 1 amide bonds. The van der Waals surface area contributed by atoms with E-state index in [1.54, 1.807) is 11.6 Å². The number of nitrogens with one attached hydrogen (secondary N) is 2. The second-order valence-corrected chi connectivity index (χ2v) is 8.31. The molecule has 0 fully saturated rings. The highest BCUT2D eigenvalue weighted by molar-refractivity contribution is 8.00. The van der Waals surface area contributed by atoms with Crippen molar-refractivity contribution >= 4 is 23.4 Å². The lowest BCUT2D eigenvalue weighted by Crippen LogP contribution is -2.37. The van der Waals surface area contributed by atoms with Crippen LogP contribution in [0.4, 0.5) is 5.69 Å². The molecular weight excluding hydrogens is 374 g/mol. The average Bonchev–Trinajstić information content (AvgIpc) is 3.03. The number of benzene rings is 2. The molecule has 1 atom stereocenters. The van der Waals surface area contributed by atoms with E-state index in [-0.39, 0.29) is 5.91 Å². The number of hydrogen-bond acceptors (Lipinski definition) is 4. The Kier molecular flexibility index (Phi) is 6.04. The smallest absolute Gasteiger partial charge is 0.325 e. The van der Waals surface area contributed by atoms with Crippen molar-refractivity contribution in [3.05, 3.63) is 70.1 Å². The van der Waals surface area contributed by atoms with E-state index < -0.39 is 10.9 Å². The summed E-state index contributed by atoms with van der Waals surface area (Å²) in [6, 6.07) is 15.4. The topological polar surface area (TPSA) is 79.0 Å². The number of amides is 1. The molecule has 2 N–H and O–H groups in total. The lowest BCUT2D eigenvalue weighted by atomic mass is 10.0. The highest BCUT2D eigenvalue weighted by Gasteiger charge is 2.29. The molecule has 0 spiro atoms. The molecule has 3 aromatic rings. The molecule has 0 saturated heterocycles. The van der Waals surface area contributed by atoms with Gasteiger partial charge in [0.15, 0.2) is 0 Å². The van der Waals surface area contributed by atoms with Crippen LogP contribution in [0.15, 0.2) is 62.9 Å². The van der Waals surface area contributed by atoms with Crippen LogP contribution in [0.2, 0.25) is 0 Å². The van der Waals surface area contributed by atoms with Gasteiger partial charge < -0.3 is 5.32 Å². The van der Waals surface area contributed by atoms with E-state index in [4.69, 9.17) is 4.52 Å². The number of aryl methyl sites for hydroxylation is 1. The molecule has 2 aromatic carbocycles. The third-order valence-corrected chi connectivity index (χ3v) is 5.54. The van der Waals surface area contributed by atoms with Gasteiger partial charge in [0.05, 0.1) is 5.25 Å². The lowest BCUT2D eigenvalue weighted by Gasteiger charge is -2.11. The van der Waals surface area contributed by atoms with Gasteiger partial charge in [-0.3, -0.25) is 9.32 Å². The number of aromatic amines is 1. The van der Waals surface area contributed by atoms with E-state index in [1.807, 2.05) is 55.5 Å². The summed E-state index contributed by atoms with van der Waals surface area (Å²) in [6.07, 6.45) is 0. The van der Waals surface area contributed by atoms with Crippen LogP contribution in [0.1, 0.15) is 37.8 Å². The van der Waals surface area contributed by atoms with E-state index in [0.29, 0.717) is 10.9 Å². The summed E-state index contributed by atoms with van der Waals surface area (Å²) < 4.78 is 6.49. The highest BCUT2D eigenvalue weighted by Crippen LogP contribution is 2.21. The molecule has 28 heavy (non-hydrogen) atoms. The van der Waals surface area contributed by atoms with Gasteiger partial charge in [0.25, 0.3) is 0 Å². The van der Waals surface area contributed by atoms with Crippen molar-refractivity contribution in [2.24, 2.45) is 0 Å². The van der Waals surface area contributed by atoms with Crippen LogP contribution in [0, 0.1) is 6.92 Å². The zero-order valence-corrected chi connectivity index (χ0v) is 17.2. The normalized spacial score (nSPS) is 12.2. The Balaban J connectivity index is 1.73. The summed E-state index contributed by atoms with van der Waals surface area (Å²) in [7, 11) is 0. The number of nitrogens with zero attached hydrogens (tertiary/aromatic N) is 1. The first-order chi connectivity index (χ1) is 13.3. The second-order valence-electron chi connectivity index (χ2n) is 6.98. The van der Waals surface area contributed by atoms with Gasteiger partial charge >= 0.3 is 10.7 Å². The van der Waals surface area contributed by atoms with Crippen LogP contribution in [0.25, 0.3) is 5.69 Å². The predicted molar refractivity (Wildman–Crippen MR) is 110 cm³/mol. The van der Waals surface area contributed by atoms with E-state index in [2.05, 4.69) is 24.4 Å². The minimum atomic E-state index is -0.508. The molecule has 1 unspecified atom stereocenters. The first-order valence-corrected chi connectivity index (χ1v) is 10.0. The van der Waals surface area contributed by atoms with E-state index in [1.165, 1.54) is 5.56 Å². The van der Waals surface area contributed by atoms with E-state index in [0.717, 1.165) is 28.7 Å². The SMILES string of the molecule is Cc1ccc(-[n+]2[nH]oc(=O)c2SC(C)C(=O)Nc2ccc(C(C)C)cc2)cc1. The van der Waals surface area contributed by atoms with Crippen LogP contribution in [0.5, 0.6) is 0 Å².